The molecule has 0 spiro atoms. The van der Waals surface area contributed by atoms with Gasteiger partial charge in [-0.05, 0) is 6.16 Å². The number of rotatable bonds is 0. The largest absolute Gasteiger partial charge is 0.652 e. The van der Waals surface area contributed by atoms with Gasteiger partial charge < -0.3 is 20.5 Å². The third-order valence-electron chi connectivity index (χ3n) is 0. The van der Waals surface area contributed by atoms with Gasteiger partial charge >= 0.3 is 0 Å². The van der Waals surface area contributed by atoms with E-state index < -0.39 is 6.16 Å². The summed E-state index contributed by atoms with van der Waals surface area (Å²) in [5.41, 5.74) is 0. The Labute approximate surface area is 44.6 Å². The van der Waals surface area contributed by atoms with Gasteiger partial charge in [-0.3, -0.25) is 0 Å². The topological polar surface area (TPSA) is 94.7 Å². The van der Waals surface area contributed by atoms with Crippen molar-refractivity contribution in [1.29, 1.82) is 0 Å². The second-order valence-corrected chi connectivity index (χ2v) is 0.250. The standard InChI is InChI=1S/CH2O3.Mn.H2O/c2-1(3)4;;/h(H2,2,3,4);;1H2/p-2. The van der Waals surface area contributed by atoms with Crippen molar-refractivity contribution in [2.45, 2.75) is 0 Å². The van der Waals surface area contributed by atoms with Crippen LogP contribution in [0, 0.1) is 0 Å². The van der Waals surface area contributed by atoms with Gasteiger partial charge in [0.2, 0.25) is 0 Å². The van der Waals surface area contributed by atoms with Gasteiger partial charge in [0.15, 0.2) is 0 Å². The van der Waals surface area contributed by atoms with Gasteiger partial charge in [-0.1, -0.05) is 0 Å². The maximum atomic E-state index is 8.33. The van der Waals surface area contributed by atoms with Crippen molar-refractivity contribution in [2.24, 2.45) is 0 Å². The molecule has 0 saturated carbocycles. The fourth-order valence-corrected chi connectivity index (χ4v) is 0. The first-order valence-corrected chi connectivity index (χ1v) is 0.612. The molecule has 0 amide bonds. The molecular formula is CH2MnO4-2. The third-order valence-corrected chi connectivity index (χ3v) is 0. The van der Waals surface area contributed by atoms with Crippen molar-refractivity contribution >= 4 is 6.16 Å². The average Bonchev–Trinajstić information content (AvgIpc) is 0.811. The Morgan fingerprint density at radius 2 is 1.33 bits per heavy atom. The van der Waals surface area contributed by atoms with Gasteiger partial charge in [0, 0.05) is 17.1 Å². The van der Waals surface area contributed by atoms with Gasteiger partial charge in [-0.15, -0.1) is 0 Å². The van der Waals surface area contributed by atoms with Crippen LogP contribution in [0.15, 0.2) is 0 Å². The molecule has 0 aliphatic carbocycles. The number of hydrogen-bond acceptors (Lipinski definition) is 3. The molecule has 0 rings (SSSR count). The molecule has 1 radical (unpaired) electrons. The van der Waals surface area contributed by atoms with E-state index >= 15 is 0 Å². The monoisotopic (exact) mass is 133 g/mol. The predicted octanol–water partition coefficient (Wildman–Crippen LogP) is -3.27. The van der Waals surface area contributed by atoms with Crippen LogP contribution in [0.1, 0.15) is 0 Å². The van der Waals surface area contributed by atoms with Crippen molar-refractivity contribution in [1.82, 2.24) is 0 Å². The number of carbonyl (C=O) groups is 1. The summed E-state index contributed by atoms with van der Waals surface area (Å²) < 4.78 is 0. The van der Waals surface area contributed by atoms with Crippen molar-refractivity contribution in [3.63, 3.8) is 0 Å². The summed E-state index contributed by atoms with van der Waals surface area (Å²) in [6.45, 7) is 0. The zero-order valence-corrected chi connectivity index (χ0v) is 3.78. The van der Waals surface area contributed by atoms with E-state index in [-0.39, 0.29) is 22.5 Å². The molecule has 0 saturated heterocycles. The Kier molecular flexibility index (Phi) is 25.3. The van der Waals surface area contributed by atoms with Gasteiger partial charge in [0.1, 0.15) is 0 Å². The minimum atomic E-state index is -2.33. The Morgan fingerprint density at radius 3 is 1.33 bits per heavy atom. The molecule has 0 fully saturated rings. The maximum Gasteiger partial charge on any atom is 0 e. The molecule has 0 bridgehead atoms. The molecule has 0 aromatic heterocycles. The Morgan fingerprint density at radius 1 is 1.33 bits per heavy atom. The third kappa shape index (κ3) is 452. The fourth-order valence-electron chi connectivity index (χ4n) is 0. The molecule has 0 aromatic carbocycles. The normalized spacial score (nSPS) is 4.00. The molecule has 6 heavy (non-hydrogen) atoms. The SMILES string of the molecule is O.O=C([O-])[O-].[Mn]. The minimum absolute atomic E-state index is 0. The molecule has 0 aliphatic rings. The smallest absolute Gasteiger partial charge is 0 e. The fraction of sp³-hybridized carbons (Fsp3) is 0. The van der Waals surface area contributed by atoms with Crippen LogP contribution in [-0.2, 0) is 17.1 Å². The molecule has 0 atom stereocenters. The summed E-state index contributed by atoms with van der Waals surface area (Å²) >= 11 is 0. The zero-order valence-electron chi connectivity index (χ0n) is 2.60. The van der Waals surface area contributed by atoms with E-state index in [1.54, 1.807) is 0 Å². The molecule has 4 nitrogen and oxygen atoms in total. The minimum Gasteiger partial charge on any atom is -0.652 e. The van der Waals surface area contributed by atoms with E-state index in [2.05, 4.69) is 0 Å². The Hall–Kier alpha value is -0.251. The molecule has 39 valence electrons. The van der Waals surface area contributed by atoms with E-state index in [9.17, 15) is 0 Å². The molecule has 2 N–H and O–H groups in total. The van der Waals surface area contributed by atoms with Crippen LogP contribution < -0.4 is 10.2 Å². The first kappa shape index (κ1) is 17.2. The maximum absolute atomic E-state index is 8.33. The van der Waals surface area contributed by atoms with Crippen LogP contribution in [0.4, 0.5) is 4.79 Å². The molecule has 0 aromatic rings. The van der Waals surface area contributed by atoms with E-state index in [1.807, 2.05) is 0 Å². The van der Waals surface area contributed by atoms with Crippen molar-refractivity contribution in [2.75, 3.05) is 0 Å². The second-order valence-electron chi connectivity index (χ2n) is 0.250. The molecule has 0 unspecified atom stereocenters. The van der Waals surface area contributed by atoms with Crippen LogP contribution in [0.3, 0.4) is 0 Å². The van der Waals surface area contributed by atoms with Crippen LogP contribution in [0.5, 0.6) is 0 Å². The van der Waals surface area contributed by atoms with Crippen molar-refractivity contribution in [3.8, 4) is 0 Å². The molecule has 0 aliphatic heterocycles. The first-order valence-electron chi connectivity index (χ1n) is 0.612. The van der Waals surface area contributed by atoms with Gasteiger partial charge in [-0.25, -0.2) is 0 Å². The van der Waals surface area contributed by atoms with Crippen molar-refractivity contribution < 1.29 is 37.6 Å². The first-order chi connectivity index (χ1) is 1.73. The Bertz CT molecular complexity index is 30.5. The van der Waals surface area contributed by atoms with Crippen molar-refractivity contribution in [3.05, 3.63) is 0 Å². The van der Waals surface area contributed by atoms with E-state index in [0.29, 0.717) is 0 Å². The van der Waals surface area contributed by atoms with E-state index in [0.717, 1.165) is 0 Å². The van der Waals surface area contributed by atoms with E-state index in [4.69, 9.17) is 15.0 Å². The Balaban J connectivity index is -0.0000000450. The summed E-state index contributed by atoms with van der Waals surface area (Å²) in [6, 6.07) is 0. The molecular weight excluding hydrogens is 131 g/mol. The summed E-state index contributed by atoms with van der Waals surface area (Å²) in [5.74, 6) is 0. The van der Waals surface area contributed by atoms with Gasteiger partial charge in [0.05, 0.1) is 0 Å². The van der Waals surface area contributed by atoms with Gasteiger partial charge in [-0.2, -0.15) is 0 Å². The summed E-state index contributed by atoms with van der Waals surface area (Å²) in [7, 11) is 0. The predicted molar refractivity (Wildman–Crippen MR) is 9.01 cm³/mol. The molecule has 5 heteroatoms. The molecule has 0 heterocycles. The van der Waals surface area contributed by atoms with Gasteiger partial charge in [0.25, 0.3) is 0 Å². The number of carboxylic acid groups (broad SMARTS) is 2. The number of hydrogen-bond donors (Lipinski definition) is 0. The van der Waals surface area contributed by atoms with Crippen LogP contribution in [-0.4, -0.2) is 11.6 Å². The van der Waals surface area contributed by atoms with Crippen LogP contribution in [0.2, 0.25) is 0 Å². The van der Waals surface area contributed by atoms with Crippen LogP contribution in [0.25, 0.3) is 0 Å². The summed E-state index contributed by atoms with van der Waals surface area (Å²) in [4.78, 5) is 8.33. The zero-order chi connectivity index (χ0) is 3.58. The van der Waals surface area contributed by atoms with Crippen LogP contribution >= 0.6 is 0 Å². The summed E-state index contributed by atoms with van der Waals surface area (Å²) in [6.07, 6.45) is -2.33. The quantitative estimate of drug-likeness (QED) is 0.324. The second kappa shape index (κ2) is 8.83. The van der Waals surface area contributed by atoms with E-state index in [1.165, 1.54) is 0 Å². The average molecular weight is 133 g/mol. The summed E-state index contributed by atoms with van der Waals surface area (Å²) in [5, 5.41) is 16.7. The number of carbonyl (C=O) groups excluding carboxylic acids is 1.